The third kappa shape index (κ3) is 5.47. The molecule has 94 valence electrons. The predicted molar refractivity (Wildman–Crippen MR) is 59.5 cm³/mol. The third-order valence-corrected chi connectivity index (χ3v) is 2.62. The van der Waals surface area contributed by atoms with E-state index >= 15 is 0 Å². The highest BCUT2D eigenvalue weighted by Gasteiger charge is 2.38. The molecule has 0 saturated carbocycles. The molecular formula is C12H22O4. The zero-order valence-electron chi connectivity index (χ0n) is 10.2. The molecule has 0 aromatic carbocycles. The molecule has 0 aromatic heterocycles. The van der Waals surface area contributed by atoms with Gasteiger partial charge < -0.3 is 4.74 Å². The summed E-state index contributed by atoms with van der Waals surface area (Å²) in [4.78, 5) is 20.9. The summed E-state index contributed by atoms with van der Waals surface area (Å²) in [6, 6.07) is 0. The van der Waals surface area contributed by atoms with Gasteiger partial charge in [0.1, 0.15) is 0 Å². The molecule has 1 aliphatic rings. The van der Waals surface area contributed by atoms with Crippen molar-refractivity contribution in [2.75, 3.05) is 0 Å². The summed E-state index contributed by atoms with van der Waals surface area (Å²) in [7, 11) is 0. The topological polar surface area (TPSA) is 51.4 Å². The van der Waals surface area contributed by atoms with E-state index in [-0.39, 0.29) is 18.4 Å². The summed E-state index contributed by atoms with van der Waals surface area (Å²) in [5.74, 6) is -0.131. The van der Waals surface area contributed by atoms with Crippen LogP contribution in [0.5, 0.6) is 0 Å². The van der Waals surface area contributed by atoms with Gasteiger partial charge in [0.05, 0.1) is 0 Å². The lowest BCUT2D eigenvalue weighted by Crippen LogP contribution is -2.23. The Morgan fingerprint density at radius 3 is 2.44 bits per heavy atom. The highest BCUT2D eigenvalue weighted by Crippen LogP contribution is 2.24. The predicted octanol–water partition coefficient (Wildman–Crippen LogP) is 2.96. The van der Waals surface area contributed by atoms with Crippen molar-refractivity contribution < 1.29 is 19.3 Å². The average molecular weight is 230 g/mol. The number of carbonyl (C=O) groups is 1. The van der Waals surface area contributed by atoms with Gasteiger partial charge in [0.2, 0.25) is 0 Å². The number of hydrogen-bond acceptors (Lipinski definition) is 4. The van der Waals surface area contributed by atoms with Crippen molar-refractivity contribution in [3.05, 3.63) is 0 Å². The van der Waals surface area contributed by atoms with Crippen LogP contribution in [0, 0.1) is 0 Å². The Morgan fingerprint density at radius 1 is 1.19 bits per heavy atom. The Balaban J connectivity index is 2.16. The van der Waals surface area contributed by atoms with Gasteiger partial charge in [-0.1, -0.05) is 33.1 Å². The summed E-state index contributed by atoms with van der Waals surface area (Å²) in [6.45, 7) is 4.22. The van der Waals surface area contributed by atoms with Crippen LogP contribution >= 0.6 is 0 Å². The van der Waals surface area contributed by atoms with Crippen LogP contribution < -0.4 is 0 Å². The second-order valence-corrected chi connectivity index (χ2v) is 4.19. The van der Waals surface area contributed by atoms with Gasteiger partial charge >= 0.3 is 5.97 Å². The molecule has 4 nitrogen and oxygen atoms in total. The van der Waals surface area contributed by atoms with Crippen molar-refractivity contribution in [1.82, 2.24) is 0 Å². The lowest BCUT2D eigenvalue weighted by atomic mass is 10.1. The molecule has 0 radical (unpaired) electrons. The second kappa shape index (κ2) is 7.63. The smallest absolute Gasteiger partial charge is 0.306 e. The molecule has 1 unspecified atom stereocenters. The van der Waals surface area contributed by atoms with Crippen LogP contribution in [0.15, 0.2) is 0 Å². The lowest BCUT2D eigenvalue weighted by molar-refractivity contribution is -0.151. The number of unbranched alkanes of at least 4 members (excludes halogenated alkanes) is 3. The minimum Gasteiger partial charge on any atom is -0.457 e. The Bertz CT molecular complexity index is 201. The third-order valence-electron chi connectivity index (χ3n) is 2.62. The molecule has 1 heterocycles. The summed E-state index contributed by atoms with van der Waals surface area (Å²) in [6.07, 6.45) is 5.99. The largest absolute Gasteiger partial charge is 0.457 e. The van der Waals surface area contributed by atoms with Crippen molar-refractivity contribution in [2.45, 2.75) is 71.2 Å². The maximum absolute atomic E-state index is 11.5. The minimum absolute atomic E-state index is 0.131. The Morgan fingerprint density at radius 2 is 1.88 bits per heavy atom. The quantitative estimate of drug-likeness (QED) is 0.264. The standard InChI is InChI=1S/C12H22O4/c1-3-5-7-9-11(13)14-10(8-6-4-2)12-15-16-12/h10,12H,3-9H2,1-2H3. The van der Waals surface area contributed by atoms with Crippen LogP contribution in [0.1, 0.15) is 58.8 Å². The summed E-state index contributed by atoms with van der Waals surface area (Å²) >= 11 is 0. The highest BCUT2D eigenvalue weighted by atomic mass is 17.4. The molecule has 4 heteroatoms. The molecule has 1 aliphatic heterocycles. The Labute approximate surface area is 97.2 Å². The van der Waals surface area contributed by atoms with Crippen LogP contribution in [0.2, 0.25) is 0 Å². The van der Waals surface area contributed by atoms with Gasteiger partial charge in [-0.15, -0.1) is 0 Å². The SMILES string of the molecule is CCCCCC(=O)OC(CCCC)C1OO1. The van der Waals surface area contributed by atoms with E-state index in [0.29, 0.717) is 6.42 Å². The maximum atomic E-state index is 11.5. The van der Waals surface area contributed by atoms with E-state index in [0.717, 1.165) is 38.5 Å². The van der Waals surface area contributed by atoms with Gasteiger partial charge in [-0.3, -0.25) is 4.79 Å². The maximum Gasteiger partial charge on any atom is 0.306 e. The minimum atomic E-state index is -0.318. The van der Waals surface area contributed by atoms with E-state index in [1.165, 1.54) is 0 Å². The fourth-order valence-corrected chi connectivity index (χ4v) is 1.56. The summed E-state index contributed by atoms with van der Waals surface area (Å²) in [5, 5.41) is 0. The van der Waals surface area contributed by atoms with E-state index in [4.69, 9.17) is 14.5 Å². The zero-order chi connectivity index (χ0) is 11.8. The molecule has 1 saturated heterocycles. The molecule has 0 aliphatic carbocycles. The molecule has 1 rings (SSSR count). The molecule has 0 aromatic rings. The fourth-order valence-electron chi connectivity index (χ4n) is 1.56. The van der Waals surface area contributed by atoms with E-state index in [1.807, 2.05) is 0 Å². The summed E-state index contributed by atoms with van der Waals surface area (Å²) in [5.41, 5.74) is 0. The van der Waals surface area contributed by atoms with Crippen LogP contribution in [-0.4, -0.2) is 18.4 Å². The second-order valence-electron chi connectivity index (χ2n) is 4.19. The van der Waals surface area contributed by atoms with Crippen molar-refractivity contribution in [3.8, 4) is 0 Å². The number of carbonyl (C=O) groups excluding carboxylic acids is 1. The lowest BCUT2D eigenvalue weighted by Gasteiger charge is -2.13. The van der Waals surface area contributed by atoms with Crippen LogP contribution in [-0.2, 0) is 19.3 Å². The Kier molecular flexibility index (Phi) is 6.42. The van der Waals surface area contributed by atoms with Crippen LogP contribution in [0.25, 0.3) is 0 Å². The van der Waals surface area contributed by atoms with Crippen molar-refractivity contribution in [1.29, 1.82) is 0 Å². The van der Waals surface area contributed by atoms with Crippen molar-refractivity contribution in [2.24, 2.45) is 0 Å². The van der Waals surface area contributed by atoms with E-state index < -0.39 is 0 Å². The number of hydrogen-bond donors (Lipinski definition) is 0. The fraction of sp³-hybridized carbons (Fsp3) is 0.917. The average Bonchev–Trinajstić information content (AvgIpc) is 3.08. The van der Waals surface area contributed by atoms with Crippen LogP contribution in [0.3, 0.4) is 0 Å². The first-order chi connectivity index (χ1) is 7.77. The van der Waals surface area contributed by atoms with E-state index in [2.05, 4.69) is 13.8 Å². The molecule has 1 fully saturated rings. The van der Waals surface area contributed by atoms with E-state index in [1.54, 1.807) is 0 Å². The first kappa shape index (κ1) is 13.5. The molecule has 16 heavy (non-hydrogen) atoms. The van der Waals surface area contributed by atoms with E-state index in [9.17, 15) is 4.79 Å². The molecule has 0 amide bonds. The zero-order valence-corrected chi connectivity index (χ0v) is 10.2. The number of esters is 1. The van der Waals surface area contributed by atoms with Crippen LogP contribution in [0.4, 0.5) is 0 Å². The van der Waals surface area contributed by atoms with Gasteiger partial charge in [-0.25, -0.2) is 0 Å². The van der Waals surface area contributed by atoms with Crippen molar-refractivity contribution >= 4 is 5.97 Å². The summed E-state index contributed by atoms with van der Waals surface area (Å²) < 4.78 is 5.33. The molecule has 0 N–H and O–H groups in total. The normalized spacial score (nSPS) is 17.1. The number of ether oxygens (including phenoxy) is 1. The molecule has 1 atom stereocenters. The monoisotopic (exact) mass is 230 g/mol. The first-order valence-corrected chi connectivity index (χ1v) is 6.29. The van der Waals surface area contributed by atoms with Gasteiger partial charge in [0.25, 0.3) is 6.29 Å². The van der Waals surface area contributed by atoms with Gasteiger partial charge in [0.15, 0.2) is 6.10 Å². The first-order valence-electron chi connectivity index (χ1n) is 6.29. The molecule has 0 bridgehead atoms. The van der Waals surface area contributed by atoms with Gasteiger partial charge in [0, 0.05) is 6.42 Å². The number of rotatable bonds is 9. The molecular weight excluding hydrogens is 208 g/mol. The Hall–Kier alpha value is -0.610. The highest BCUT2D eigenvalue weighted by molar-refractivity contribution is 5.69. The van der Waals surface area contributed by atoms with Crippen molar-refractivity contribution in [3.63, 3.8) is 0 Å². The van der Waals surface area contributed by atoms with Gasteiger partial charge in [-0.05, 0) is 19.3 Å². The van der Waals surface area contributed by atoms with Gasteiger partial charge in [-0.2, -0.15) is 9.78 Å². The molecule has 0 spiro atoms.